The second kappa shape index (κ2) is 6.25. The molecule has 0 unspecified atom stereocenters. The molecule has 0 saturated heterocycles. The third kappa shape index (κ3) is 3.39. The Kier molecular flexibility index (Phi) is 4.41. The van der Waals surface area contributed by atoms with Gasteiger partial charge >= 0.3 is 0 Å². The molecule has 1 heterocycles. The van der Waals surface area contributed by atoms with Crippen molar-refractivity contribution in [2.45, 2.75) is 6.10 Å². The molecular formula is C13H15FN4O2. The van der Waals surface area contributed by atoms with Crippen molar-refractivity contribution in [3.63, 3.8) is 0 Å². The monoisotopic (exact) mass is 278 g/mol. The fourth-order valence-electron chi connectivity index (χ4n) is 1.77. The lowest BCUT2D eigenvalue weighted by Crippen LogP contribution is -2.29. The predicted molar refractivity (Wildman–Crippen MR) is 69.5 cm³/mol. The first-order valence-electron chi connectivity index (χ1n) is 6.03. The van der Waals surface area contributed by atoms with E-state index < -0.39 is 6.10 Å². The average Bonchev–Trinajstić information content (AvgIpc) is 2.86. The molecular weight excluding hydrogens is 263 g/mol. The Morgan fingerprint density at radius 2 is 2.35 bits per heavy atom. The highest BCUT2D eigenvalue weighted by atomic mass is 19.1. The van der Waals surface area contributed by atoms with E-state index in [9.17, 15) is 9.18 Å². The number of nitrogens with zero attached hydrogens (tertiary/aromatic N) is 3. The number of halogens is 1. The number of methoxy groups -OCH3 is 1. The van der Waals surface area contributed by atoms with Gasteiger partial charge in [0, 0.05) is 20.7 Å². The number of rotatable bonds is 5. The fraction of sp³-hybridized carbons (Fsp3) is 0.308. The van der Waals surface area contributed by atoms with E-state index >= 15 is 0 Å². The van der Waals surface area contributed by atoms with Gasteiger partial charge in [-0.1, -0.05) is 17.3 Å². The van der Waals surface area contributed by atoms with Gasteiger partial charge in [0.05, 0.1) is 12.3 Å². The number of ether oxygens (including phenoxy) is 1. The lowest BCUT2D eigenvalue weighted by atomic mass is 10.1. The molecule has 0 aliphatic heterocycles. The molecule has 1 N–H and O–H groups in total. The van der Waals surface area contributed by atoms with Crippen molar-refractivity contribution in [3.8, 4) is 0 Å². The number of carbonyl (C=O) groups is 1. The smallest absolute Gasteiger partial charge is 0.273 e. The van der Waals surface area contributed by atoms with Crippen LogP contribution in [0.1, 0.15) is 22.2 Å². The first-order valence-corrected chi connectivity index (χ1v) is 6.03. The van der Waals surface area contributed by atoms with Gasteiger partial charge in [-0.3, -0.25) is 9.48 Å². The van der Waals surface area contributed by atoms with Crippen molar-refractivity contribution in [1.82, 2.24) is 20.3 Å². The van der Waals surface area contributed by atoms with E-state index in [2.05, 4.69) is 15.6 Å². The van der Waals surface area contributed by atoms with E-state index in [0.717, 1.165) is 0 Å². The van der Waals surface area contributed by atoms with E-state index in [-0.39, 0.29) is 24.0 Å². The molecule has 20 heavy (non-hydrogen) atoms. The van der Waals surface area contributed by atoms with Crippen molar-refractivity contribution >= 4 is 5.91 Å². The summed E-state index contributed by atoms with van der Waals surface area (Å²) in [5.74, 6) is -0.693. The summed E-state index contributed by atoms with van der Waals surface area (Å²) in [4.78, 5) is 11.8. The molecule has 0 radical (unpaired) electrons. The molecule has 1 atom stereocenters. The summed E-state index contributed by atoms with van der Waals surface area (Å²) in [5.41, 5.74) is 0.883. The molecule has 2 rings (SSSR count). The average molecular weight is 278 g/mol. The van der Waals surface area contributed by atoms with E-state index in [1.54, 1.807) is 19.2 Å². The molecule has 0 saturated carbocycles. The molecule has 0 spiro atoms. The second-order valence-electron chi connectivity index (χ2n) is 4.27. The van der Waals surface area contributed by atoms with Gasteiger partial charge in [-0.15, -0.1) is 5.10 Å². The summed E-state index contributed by atoms with van der Waals surface area (Å²) in [5, 5.41) is 10.1. The Morgan fingerprint density at radius 1 is 1.55 bits per heavy atom. The van der Waals surface area contributed by atoms with Crippen LogP contribution in [0.4, 0.5) is 4.39 Å². The Morgan fingerprint density at radius 3 is 2.95 bits per heavy atom. The van der Waals surface area contributed by atoms with Gasteiger partial charge in [-0.05, 0) is 17.7 Å². The van der Waals surface area contributed by atoms with Crippen LogP contribution in [0, 0.1) is 5.82 Å². The Bertz CT molecular complexity index is 600. The molecule has 2 aromatic rings. The molecule has 0 aliphatic rings. The van der Waals surface area contributed by atoms with Crippen LogP contribution in [0.2, 0.25) is 0 Å². The predicted octanol–water partition coefficient (Wildman–Crippen LogP) is 1.07. The van der Waals surface area contributed by atoms with Gasteiger partial charge in [0.25, 0.3) is 5.91 Å². The summed E-state index contributed by atoms with van der Waals surface area (Å²) >= 11 is 0. The molecule has 1 aromatic heterocycles. The maximum absolute atomic E-state index is 13.2. The lowest BCUT2D eigenvalue weighted by molar-refractivity contribution is 0.0823. The Balaban J connectivity index is 1.99. The quantitative estimate of drug-likeness (QED) is 0.888. The van der Waals surface area contributed by atoms with Crippen LogP contribution < -0.4 is 5.32 Å². The standard InChI is InChI=1S/C13H15FN4O2/c1-18-8-11(16-17-18)13(19)15-7-12(20-2)9-4-3-5-10(14)6-9/h3-6,8,12H,7H2,1-2H3,(H,15,19)/t12-/m0/s1. The van der Waals surface area contributed by atoms with E-state index in [1.807, 2.05) is 0 Å². The van der Waals surface area contributed by atoms with Crippen LogP contribution in [-0.2, 0) is 11.8 Å². The van der Waals surface area contributed by atoms with Gasteiger partial charge in [0.2, 0.25) is 0 Å². The van der Waals surface area contributed by atoms with Gasteiger partial charge < -0.3 is 10.1 Å². The van der Waals surface area contributed by atoms with Crippen LogP contribution in [0.3, 0.4) is 0 Å². The minimum atomic E-state index is -0.425. The van der Waals surface area contributed by atoms with Crippen molar-refractivity contribution < 1.29 is 13.9 Å². The summed E-state index contributed by atoms with van der Waals surface area (Å²) in [6.07, 6.45) is 1.09. The topological polar surface area (TPSA) is 69.0 Å². The van der Waals surface area contributed by atoms with Crippen molar-refractivity contribution in [2.24, 2.45) is 7.05 Å². The number of nitrogens with one attached hydrogen (secondary N) is 1. The number of amides is 1. The summed E-state index contributed by atoms with van der Waals surface area (Å²) in [6, 6.07) is 6.07. The number of hydrogen-bond acceptors (Lipinski definition) is 4. The minimum absolute atomic E-state index is 0.218. The number of benzene rings is 1. The molecule has 1 amide bonds. The third-order valence-electron chi connectivity index (χ3n) is 2.79. The number of carbonyl (C=O) groups excluding carboxylic acids is 1. The van der Waals surface area contributed by atoms with Crippen molar-refractivity contribution in [2.75, 3.05) is 13.7 Å². The van der Waals surface area contributed by atoms with Crippen LogP contribution in [-0.4, -0.2) is 34.6 Å². The zero-order chi connectivity index (χ0) is 14.5. The fourth-order valence-corrected chi connectivity index (χ4v) is 1.77. The highest BCUT2D eigenvalue weighted by Gasteiger charge is 2.15. The Labute approximate surface area is 115 Å². The van der Waals surface area contributed by atoms with E-state index in [1.165, 1.54) is 30.1 Å². The van der Waals surface area contributed by atoms with Crippen LogP contribution in [0.15, 0.2) is 30.5 Å². The van der Waals surface area contributed by atoms with Gasteiger partial charge in [0.15, 0.2) is 5.69 Å². The highest BCUT2D eigenvalue weighted by Crippen LogP contribution is 2.16. The second-order valence-corrected chi connectivity index (χ2v) is 4.27. The number of aryl methyl sites for hydroxylation is 1. The SMILES string of the molecule is CO[C@@H](CNC(=O)c1cn(C)nn1)c1cccc(F)c1. The van der Waals surface area contributed by atoms with Crippen molar-refractivity contribution in [1.29, 1.82) is 0 Å². The minimum Gasteiger partial charge on any atom is -0.375 e. The molecule has 7 heteroatoms. The first kappa shape index (κ1) is 14.1. The van der Waals surface area contributed by atoms with Crippen LogP contribution >= 0.6 is 0 Å². The zero-order valence-electron chi connectivity index (χ0n) is 11.2. The summed E-state index contributed by atoms with van der Waals surface area (Å²) in [6.45, 7) is 0.218. The van der Waals surface area contributed by atoms with Crippen molar-refractivity contribution in [3.05, 3.63) is 47.5 Å². The summed E-state index contributed by atoms with van der Waals surface area (Å²) in [7, 11) is 3.18. The molecule has 106 valence electrons. The molecule has 6 nitrogen and oxygen atoms in total. The van der Waals surface area contributed by atoms with Crippen LogP contribution in [0.25, 0.3) is 0 Å². The first-order chi connectivity index (χ1) is 9.60. The number of hydrogen-bond donors (Lipinski definition) is 1. The normalized spacial score (nSPS) is 12.2. The molecule has 0 aliphatic carbocycles. The third-order valence-corrected chi connectivity index (χ3v) is 2.79. The molecule has 1 aromatic carbocycles. The highest BCUT2D eigenvalue weighted by molar-refractivity contribution is 5.91. The zero-order valence-corrected chi connectivity index (χ0v) is 11.2. The van der Waals surface area contributed by atoms with Gasteiger partial charge in [-0.2, -0.15) is 0 Å². The molecule has 0 fully saturated rings. The maximum Gasteiger partial charge on any atom is 0.273 e. The summed E-state index contributed by atoms with van der Waals surface area (Å²) < 4.78 is 19.9. The maximum atomic E-state index is 13.2. The molecule has 0 bridgehead atoms. The number of aromatic nitrogens is 3. The Hall–Kier alpha value is -2.28. The lowest BCUT2D eigenvalue weighted by Gasteiger charge is -2.16. The van der Waals surface area contributed by atoms with Crippen LogP contribution in [0.5, 0.6) is 0 Å². The van der Waals surface area contributed by atoms with Gasteiger partial charge in [0.1, 0.15) is 5.82 Å². The van der Waals surface area contributed by atoms with E-state index in [4.69, 9.17) is 4.74 Å². The van der Waals surface area contributed by atoms with E-state index in [0.29, 0.717) is 5.56 Å². The largest absolute Gasteiger partial charge is 0.375 e. The van der Waals surface area contributed by atoms with Gasteiger partial charge in [-0.25, -0.2) is 4.39 Å².